The molecule has 0 amide bonds. The molecule has 0 saturated heterocycles. The Hall–Kier alpha value is -3.28. The quantitative estimate of drug-likeness (QED) is 0.517. The molecule has 0 spiro atoms. The number of hydrogen-bond donors (Lipinski definition) is 1. The van der Waals surface area contributed by atoms with E-state index in [9.17, 15) is 0 Å². The lowest BCUT2D eigenvalue weighted by Crippen LogP contribution is -2.02. The Kier molecular flexibility index (Phi) is 5.88. The van der Waals surface area contributed by atoms with Gasteiger partial charge in [0, 0.05) is 24.3 Å². The zero-order valence-corrected chi connectivity index (χ0v) is 14.9. The van der Waals surface area contributed by atoms with Crippen molar-refractivity contribution in [3.8, 4) is 0 Å². The molecule has 0 aliphatic rings. The van der Waals surface area contributed by atoms with Crippen LogP contribution in [0.1, 0.15) is 36.8 Å². The summed E-state index contributed by atoms with van der Waals surface area (Å²) in [6, 6.07) is 20.4. The third-order valence-corrected chi connectivity index (χ3v) is 4.06. The topological polar surface area (TPSA) is 67.5 Å². The van der Waals surface area contributed by atoms with E-state index in [0.717, 1.165) is 0 Å². The number of rotatable bonds is 7. The van der Waals surface area contributed by atoms with Gasteiger partial charge in [0.1, 0.15) is 6.33 Å². The summed E-state index contributed by atoms with van der Waals surface area (Å²) in [5.41, 5.74) is 5.31. The van der Waals surface area contributed by atoms with Crippen LogP contribution in [-0.4, -0.2) is 27.3 Å². The molecule has 1 N–H and O–H groups in total. The predicted molar refractivity (Wildman–Crippen MR) is 106 cm³/mol. The van der Waals surface area contributed by atoms with Crippen molar-refractivity contribution in [2.45, 2.75) is 25.7 Å². The number of nitrogens with one attached hydrogen (secondary N) is 1. The van der Waals surface area contributed by atoms with Crippen LogP contribution in [0.3, 0.4) is 0 Å². The highest BCUT2D eigenvalue weighted by atomic mass is 15.5. The lowest BCUT2D eigenvalue weighted by Gasteiger charge is -2.06. The number of anilines is 1. The molecule has 3 rings (SSSR count). The highest BCUT2D eigenvalue weighted by Crippen LogP contribution is 2.13. The average molecular weight is 346 g/mol. The number of benzene rings is 2. The van der Waals surface area contributed by atoms with Crippen LogP contribution in [0, 0.1) is 0 Å². The predicted octanol–water partition coefficient (Wildman–Crippen LogP) is 4.12. The van der Waals surface area contributed by atoms with Gasteiger partial charge in [-0.25, -0.2) is 5.43 Å². The first-order valence-electron chi connectivity index (χ1n) is 8.57. The molecular weight excluding hydrogens is 324 g/mol. The molecular formula is C20H22N6. The molecule has 2 aromatic carbocycles. The van der Waals surface area contributed by atoms with Crippen molar-refractivity contribution in [3.05, 3.63) is 78.1 Å². The van der Waals surface area contributed by atoms with Crippen molar-refractivity contribution >= 4 is 18.4 Å². The lowest BCUT2D eigenvalue weighted by atomic mass is 10.0. The summed E-state index contributed by atoms with van der Waals surface area (Å²) in [7, 11) is 0. The molecule has 0 saturated carbocycles. The molecule has 0 bridgehead atoms. The van der Waals surface area contributed by atoms with Gasteiger partial charge < -0.3 is 0 Å². The minimum atomic E-state index is 0.188. The minimum Gasteiger partial charge on any atom is -0.244 e. The fraction of sp³-hybridized carbons (Fsp3) is 0.200. The smallest absolute Gasteiger partial charge is 0.244 e. The summed E-state index contributed by atoms with van der Waals surface area (Å²) >= 11 is 0. The van der Waals surface area contributed by atoms with Crippen molar-refractivity contribution in [1.29, 1.82) is 0 Å². The van der Waals surface area contributed by atoms with Crippen molar-refractivity contribution < 1.29 is 0 Å². The van der Waals surface area contributed by atoms with E-state index >= 15 is 0 Å². The van der Waals surface area contributed by atoms with Crippen LogP contribution < -0.4 is 5.43 Å². The molecule has 1 heterocycles. The molecule has 6 heteroatoms. The maximum absolute atomic E-state index is 4.43. The number of aromatic nitrogens is 3. The van der Waals surface area contributed by atoms with Crippen LogP contribution in [-0.2, 0) is 0 Å². The van der Waals surface area contributed by atoms with Crippen LogP contribution in [0.5, 0.6) is 0 Å². The first kappa shape index (κ1) is 17.5. The maximum atomic E-state index is 4.43. The van der Waals surface area contributed by atoms with E-state index in [1.54, 1.807) is 11.0 Å². The Balaban J connectivity index is 1.62. The third kappa shape index (κ3) is 4.63. The van der Waals surface area contributed by atoms with E-state index < -0.39 is 0 Å². The van der Waals surface area contributed by atoms with E-state index in [1.165, 1.54) is 11.1 Å². The largest absolute Gasteiger partial charge is 0.265 e. The average Bonchev–Trinajstić information content (AvgIpc) is 3.14. The number of nitrogens with zero attached hydrogens (tertiary/aromatic N) is 5. The fourth-order valence-electron chi connectivity index (χ4n) is 2.45. The number of hydrogen-bond acceptors (Lipinski definition) is 5. The Morgan fingerprint density at radius 1 is 0.885 bits per heavy atom. The Morgan fingerprint density at radius 2 is 1.46 bits per heavy atom. The molecule has 0 aliphatic heterocycles. The lowest BCUT2D eigenvalue weighted by molar-refractivity contribution is 0.862. The summed E-state index contributed by atoms with van der Waals surface area (Å²) in [5.74, 6) is 0.854. The third-order valence-electron chi connectivity index (χ3n) is 4.06. The zero-order chi connectivity index (χ0) is 18.2. The summed E-state index contributed by atoms with van der Waals surface area (Å²) in [6.07, 6.45) is 5.25. The summed E-state index contributed by atoms with van der Waals surface area (Å²) in [6.45, 7) is 4.18. The van der Waals surface area contributed by atoms with Crippen LogP contribution in [0.15, 0.2) is 77.2 Å². The molecule has 0 unspecified atom stereocenters. The van der Waals surface area contributed by atoms with Crippen molar-refractivity contribution in [2.75, 3.05) is 5.43 Å². The second-order valence-electron chi connectivity index (χ2n) is 6.05. The molecule has 1 aromatic heterocycles. The Labute approximate surface area is 153 Å². The van der Waals surface area contributed by atoms with Crippen molar-refractivity contribution in [1.82, 2.24) is 14.9 Å². The maximum Gasteiger partial charge on any atom is 0.265 e. The monoisotopic (exact) mass is 346 g/mol. The van der Waals surface area contributed by atoms with Gasteiger partial charge in [-0.05, 0) is 11.1 Å². The van der Waals surface area contributed by atoms with Crippen LogP contribution in [0.25, 0.3) is 0 Å². The van der Waals surface area contributed by atoms with Crippen LogP contribution in [0.2, 0.25) is 0 Å². The van der Waals surface area contributed by atoms with E-state index in [-0.39, 0.29) is 11.8 Å². The first-order valence-corrected chi connectivity index (χ1v) is 8.57. The normalized spacial score (nSPS) is 13.9. The molecule has 6 nitrogen and oxygen atoms in total. The molecule has 0 fully saturated rings. The second-order valence-corrected chi connectivity index (χ2v) is 6.05. The summed E-state index contributed by atoms with van der Waals surface area (Å²) in [4.78, 5) is 0. The fourth-order valence-corrected chi connectivity index (χ4v) is 2.45. The van der Waals surface area contributed by atoms with Gasteiger partial charge >= 0.3 is 0 Å². The Morgan fingerprint density at radius 3 is 2.08 bits per heavy atom. The van der Waals surface area contributed by atoms with Gasteiger partial charge in [-0.1, -0.05) is 74.5 Å². The SMILES string of the molecule is C[C@H](/C=N\n1cnnc1N/N=C/[C@@H](C)c1ccccc1)c1ccccc1. The van der Waals surface area contributed by atoms with E-state index in [4.69, 9.17) is 0 Å². The zero-order valence-electron chi connectivity index (χ0n) is 14.9. The molecule has 2 atom stereocenters. The van der Waals surface area contributed by atoms with Crippen molar-refractivity contribution in [3.63, 3.8) is 0 Å². The van der Waals surface area contributed by atoms with Gasteiger partial charge in [0.15, 0.2) is 0 Å². The molecule has 26 heavy (non-hydrogen) atoms. The first-order chi connectivity index (χ1) is 12.7. The molecule has 0 aliphatic carbocycles. The van der Waals surface area contributed by atoms with Gasteiger partial charge in [-0.3, -0.25) is 0 Å². The minimum absolute atomic E-state index is 0.188. The molecule has 3 aromatic rings. The van der Waals surface area contributed by atoms with Gasteiger partial charge in [-0.2, -0.15) is 14.9 Å². The highest BCUT2D eigenvalue weighted by Gasteiger charge is 2.05. The molecule has 0 radical (unpaired) electrons. The van der Waals surface area contributed by atoms with E-state index in [0.29, 0.717) is 5.95 Å². The van der Waals surface area contributed by atoms with Crippen molar-refractivity contribution in [2.24, 2.45) is 10.2 Å². The summed E-state index contributed by atoms with van der Waals surface area (Å²) < 4.78 is 1.57. The van der Waals surface area contributed by atoms with Gasteiger partial charge in [0.2, 0.25) is 0 Å². The van der Waals surface area contributed by atoms with Gasteiger partial charge in [-0.15, -0.1) is 10.2 Å². The molecule has 132 valence electrons. The van der Waals surface area contributed by atoms with Crippen LogP contribution >= 0.6 is 0 Å². The van der Waals surface area contributed by atoms with Gasteiger partial charge in [0.25, 0.3) is 5.95 Å². The van der Waals surface area contributed by atoms with Gasteiger partial charge in [0.05, 0.1) is 0 Å². The van der Waals surface area contributed by atoms with Crippen LogP contribution in [0.4, 0.5) is 5.95 Å². The van der Waals surface area contributed by atoms with E-state index in [2.05, 4.69) is 63.9 Å². The summed E-state index contributed by atoms with van der Waals surface area (Å²) in [5, 5.41) is 16.6. The Bertz CT molecular complexity index is 854. The second kappa shape index (κ2) is 8.71. The standard InChI is InChI=1S/C20H22N6/c1-16(18-9-5-3-6-10-18)13-21-24-20-25-22-15-26(20)23-14-17(2)19-11-7-4-8-12-19/h3-17H,1-2H3,(H,24,25)/b21-13+,23-14-/t16-,17-/m1/s1. The highest BCUT2D eigenvalue weighted by molar-refractivity contribution is 5.68. The van der Waals surface area contributed by atoms with E-state index in [1.807, 2.05) is 48.8 Å². The number of hydrazone groups is 1.